The molecule has 0 spiro atoms. The second-order valence-corrected chi connectivity index (χ2v) is 12.5. The molecular weight excluding hydrogens is 332 g/mol. The van der Waals surface area contributed by atoms with Crippen LogP contribution in [0, 0.1) is 11.3 Å². The highest BCUT2D eigenvalue weighted by atomic mass is 28.3. The topological polar surface area (TPSA) is 52.6 Å². The highest BCUT2D eigenvalue weighted by Crippen LogP contribution is 2.67. The first-order valence-corrected chi connectivity index (χ1v) is 12.5. The molecule has 4 nitrogen and oxygen atoms in total. The number of allylic oxidation sites excluding steroid dienone is 1. The Hall–Kier alpha value is -1.88. The molecule has 0 N–H and O–H groups in total. The Morgan fingerprint density at radius 2 is 1.56 bits per heavy atom. The van der Waals surface area contributed by atoms with E-state index in [1.807, 2.05) is 36.4 Å². The molecule has 0 aromatic heterocycles. The van der Waals surface area contributed by atoms with Gasteiger partial charge in [-0.2, -0.15) is 0 Å². The van der Waals surface area contributed by atoms with Crippen molar-refractivity contribution in [3.63, 3.8) is 0 Å². The molecule has 0 aliphatic heterocycles. The van der Waals surface area contributed by atoms with Gasteiger partial charge in [-0.25, -0.2) is 0 Å². The maximum atomic E-state index is 12.8. The molecule has 0 unspecified atom stereocenters. The van der Waals surface area contributed by atoms with Crippen molar-refractivity contribution in [2.75, 3.05) is 13.2 Å². The van der Waals surface area contributed by atoms with Crippen molar-refractivity contribution in [2.24, 2.45) is 11.3 Å². The van der Waals surface area contributed by atoms with E-state index in [9.17, 15) is 9.59 Å². The van der Waals surface area contributed by atoms with Gasteiger partial charge in [-0.15, -0.1) is 0 Å². The number of benzene rings is 1. The summed E-state index contributed by atoms with van der Waals surface area (Å²) in [5, 5.41) is 0. The van der Waals surface area contributed by atoms with Gasteiger partial charge >= 0.3 is 11.9 Å². The summed E-state index contributed by atoms with van der Waals surface area (Å²) >= 11 is 0. The van der Waals surface area contributed by atoms with Crippen LogP contribution in [0.15, 0.2) is 42.1 Å². The average molecular weight is 361 g/mol. The molecule has 25 heavy (non-hydrogen) atoms. The van der Waals surface area contributed by atoms with Crippen LogP contribution in [0.2, 0.25) is 19.6 Å². The summed E-state index contributed by atoms with van der Waals surface area (Å²) in [5.41, 5.74) is 1.89. The predicted molar refractivity (Wildman–Crippen MR) is 101 cm³/mol. The van der Waals surface area contributed by atoms with E-state index in [2.05, 4.69) is 25.3 Å². The van der Waals surface area contributed by atoms with E-state index in [0.717, 1.165) is 5.56 Å². The first kappa shape index (κ1) is 19.4. The standard InChI is InChI=1S/C20H28O4Si/c1-6-23-18(21)20(19(22)24-7-2)16(13-14-25(3,4)5)17(20)15-11-9-8-10-12-15/h8-14,16-17H,6-7H2,1-5H3/b14-13+/t16-,17-/m0/s1. The Bertz CT molecular complexity index is 627. The largest absolute Gasteiger partial charge is 0.465 e. The van der Waals surface area contributed by atoms with Gasteiger partial charge in [0.2, 0.25) is 0 Å². The van der Waals surface area contributed by atoms with E-state index >= 15 is 0 Å². The van der Waals surface area contributed by atoms with Crippen LogP contribution in [0.3, 0.4) is 0 Å². The molecular formula is C20H28O4Si. The van der Waals surface area contributed by atoms with Gasteiger partial charge < -0.3 is 9.47 Å². The fourth-order valence-electron chi connectivity index (χ4n) is 3.31. The lowest BCUT2D eigenvalue weighted by molar-refractivity contribution is -0.165. The van der Waals surface area contributed by atoms with Gasteiger partial charge in [0.1, 0.15) is 0 Å². The molecule has 1 aliphatic carbocycles. The van der Waals surface area contributed by atoms with E-state index in [0.29, 0.717) is 0 Å². The summed E-state index contributed by atoms with van der Waals surface area (Å²) < 4.78 is 10.6. The molecule has 136 valence electrons. The molecule has 0 radical (unpaired) electrons. The number of hydrogen-bond acceptors (Lipinski definition) is 4. The van der Waals surface area contributed by atoms with E-state index in [4.69, 9.17) is 9.47 Å². The SMILES string of the molecule is CCOC(=O)C1(C(=O)OCC)[C@@H](/C=C/[Si](C)(C)C)[C@@H]1c1ccccc1. The highest BCUT2D eigenvalue weighted by Gasteiger charge is 2.76. The first-order valence-electron chi connectivity index (χ1n) is 8.87. The number of hydrogen-bond donors (Lipinski definition) is 0. The predicted octanol–water partition coefficient (Wildman–Crippen LogP) is 3.95. The van der Waals surface area contributed by atoms with Crippen LogP contribution in [0.4, 0.5) is 0 Å². The number of esters is 2. The third-order valence-electron chi connectivity index (χ3n) is 4.45. The molecule has 0 heterocycles. The monoisotopic (exact) mass is 360 g/mol. The molecule has 1 aromatic carbocycles. The molecule has 0 bridgehead atoms. The quantitative estimate of drug-likeness (QED) is 0.420. The van der Waals surface area contributed by atoms with Crippen LogP contribution in [-0.2, 0) is 19.1 Å². The second kappa shape index (κ2) is 7.56. The van der Waals surface area contributed by atoms with Crippen molar-refractivity contribution in [1.82, 2.24) is 0 Å². The molecule has 1 aliphatic rings. The zero-order valence-electron chi connectivity index (χ0n) is 15.7. The summed E-state index contributed by atoms with van der Waals surface area (Å²) in [7, 11) is -1.46. The Kier molecular flexibility index (Phi) is 5.88. The summed E-state index contributed by atoms with van der Waals surface area (Å²) in [6.45, 7) is 10.7. The zero-order valence-corrected chi connectivity index (χ0v) is 16.7. The van der Waals surface area contributed by atoms with Gasteiger partial charge in [0, 0.05) is 11.8 Å². The average Bonchev–Trinajstić information content (AvgIpc) is 3.24. The van der Waals surface area contributed by atoms with Gasteiger partial charge in [-0.05, 0) is 19.4 Å². The highest BCUT2D eigenvalue weighted by molar-refractivity contribution is 6.80. The third kappa shape index (κ3) is 3.87. The lowest BCUT2D eigenvalue weighted by Crippen LogP contribution is -2.33. The van der Waals surface area contributed by atoms with Gasteiger partial charge in [0.15, 0.2) is 5.41 Å². The molecule has 0 amide bonds. The third-order valence-corrected chi connectivity index (χ3v) is 5.65. The fourth-order valence-corrected chi connectivity index (χ4v) is 4.10. The minimum Gasteiger partial charge on any atom is -0.465 e. The Balaban J connectivity index is 2.49. The van der Waals surface area contributed by atoms with E-state index in [1.54, 1.807) is 13.8 Å². The minimum absolute atomic E-state index is 0.222. The van der Waals surface area contributed by atoms with Gasteiger partial charge in [-0.1, -0.05) is 61.7 Å². The van der Waals surface area contributed by atoms with Crippen LogP contribution >= 0.6 is 0 Å². The number of carbonyl (C=O) groups excluding carboxylic acids is 2. The normalized spacial score (nSPS) is 21.8. The van der Waals surface area contributed by atoms with Crippen molar-refractivity contribution >= 4 is 20.0 Å². The minimum atomic E-state index is -1.46. The summed E-state index contributed by atoms with van der Waals surface area (Å²) in [5.74, 6) is -1.42. The Morgan fingerprint density at radius 1 is 1.04 bits per heavy atom. The molecule has 1 fully saturated rings. The van der Waals surface area contributed by atoms with Crippen LogP contribution in [-0.4, -0.2) is 33.2 Å². The number of ether oxygens (including phenoxy) is 2. The van der Waals surface area contributed by atoms with Gasteiger partial charge in [-0.3, -0.25) is 9.59 Å². The van der Waals surface area contributed by atoms with Gasteiger partial charge in [0.05, 0.1) is 21.3 Å². The number of rotatable bonds is 7. The van der Waals surface area contributed by atoms with Gasteiger partial charge in [0.25, 0.3) is 0 Å². The maximum absolute atomic E-state index is 12.8. The second-order valence-electron chi connectivity index (χ2n) is 7.45. The van der Waals surface area contributed by atoms with Crippen LogP contribution in [0.5, 0.6) is 0 Å². The number of carbonyl (C=O) groups is 2. The van der Waals surface area contributed by atoms with Crippen LogP contribution < -0.4 is 0 Å². The van der Waals surface area contributed by atoms with Crippen molar-refractivity contribution in [3.8, 4) is 0 Å². The lowest BCUT2D eigenvalue weighted by atomic mass is 9.98. The maximum Gasteiger partial charge on any atom is 0.324 e. The zero-order chi connectivity index (χ0) is 18.7. The Labute approximate surface area is 151 Å². The molecule has 0 saturated heterocycles. The van der Waals surface area contributed by atoms with E-state index in [-0.39, 0.29) is 25.0 Å². The van der Waals surface area contributed by atoms with Crippen molar-refractivity contribution in [3.05, 3.63) is 47.7 Å². The fraction of sp³-hybridized carbons (Fsp3) is 0.500. The van der Waals surface area contributed by atoms with E-state index < -0.39 is 25.4 Å². The van der Waals surface area contributed by atoms with E-state index in [1.165, 1.54) is 0 Å². The lowest BCUT2D eigenvalue weighted by Gasteiger charge is -2.15. The van der Waals surface area contributed by atoms with Crippen molar-refractivity contribution in [2.45, 2.75) is 39.4 Å². The molecule has 1 saturated carbocycles. The molecule has 2 rings (SSSR count). The van der Waals surface area contributed by atoms with Crippen molar-refractivity contribution in [1.29, 1.82) is 0 Å². The summed E-state index contributed by atoms with van der Waals surface area (Å²) in [4.78, 5) is 25.6. The first-order chi connectivity index (χ1) is 11.8. The smallest absolute Gasteiger partial charge is 0.324 e. The van der Waals surface area contributed by atoms with Crippen molar-refractivity contribution < 1.29 is 19.1 Å². The molecule has 2 atom stereocenters. The Morgan fingerprint density at radius 3 is 2.00 bits per heavy atom. The van der Waals surface area contributed by atoms with Crippen LogP contribution in [0.25, 0.3) is 0 Å². The van der Waals surface area contributed by atoms with Crippen LogP contribution in [0.1, 0.15) is 25.3 Å². The molecule has 5 heteroatoms. The summed E-state index contributed by atoms with van der Waals surface area (Å²) in [6, 6.07) is 9.69. The molecule has 1 aromatic rings. The summed E-state index contributed by atoms with van der Waals surface area (Å²) in [6.07, 6.45) is 2.04.